The highest BCUT2D eigenvalue weighted by Gasteiger charge is 2.27. The summed E-state index contributed by atoms with van der Waals surface area (Å²) >= 11 is 0. The van der Waals surface area contributed by atoms with E-state index in [0.29, 0.717) is 19.4 Å². The van der Waals surface area contributed by atoms with E-state index in [9.17, 15) is 34.2 Å². The van der Waals surface area contributed by atoms with Crippen LogP contribution in [0.1, 0.15) is 39.0 Å². The number of hydrogen-bond acceptors (Lipinski definition) is 8. The maximum absolute atomic E-state index is 12.5. The van der Waals surface area contributed by atoms with Gasteiger partial charge >= 0.3 is 5.97 Å². The molecule has 0 saturated heterocycles. The third-order valence-electron chi connectivity index (χ3n) is 4.14. The number of carboxylic acid groups (broad SMARTS) is 1. The third kappa shape index (κ3) is 11.3. The van der Waals surface area contributed by atoms with Gasteiger partial charge in [-0.25, -0.2) is 4.79 Å². The van der Waals surface area contributed by atoms with Crippen LogP contribution in [0.5, 0.6) is 0 Å². The summed E-state index contributed by atoms with van der Waals surface area (Å²) in [6.07, 6.45) is -0.333. The summed E-state index contributed by atoms with van der Waals surface area (Å²) in [5.41, 5.74) is 15.9. The number of amides is 4. The quantitative estimate of drug-likeness (QED) is 0.118. The van der Waals surface area contributed by atoms with E-state index in [2.05, 4.69) is 16.0 Å². The Balaban J connectivity index is 4.96. The van der Waals surface area contributed by atoms with Gasteiger partial charge in [-0.1, -0.05) is 0 Å². The number of aliphatic hydroxyl groups excluding tert-OH is 1. The number of carbonyl (C=O) groups is 5. The third-order valence-corrected chi connectivity index (χ3v) is 4.14. The molecule has 0 aliphatic rings. The Morgan fingerprint density at radius 1 is 0.967 bits per heavy atom. The van der Waals surface area contributed by atoms with Gasteiger partial charge in [0.15, 0.2) is 0 Å². The summed E-state index contributed by atoms with van der Waals surface area (Å²) in [4.78, 5) is 58.6. The minimum atomic E-state index is -1.25. The zero-order chi connectivity index (χ0) is 23.3. The van der Waals surface area contributed by atoms with Crippen molar-refractivity contribution in [3.8, 4) is 0 Å². The fourth-order valence-electron chi connectivity index (χ4n) is 2.33. The first-order chi connectivity index (χ1) is 14.0. The van der Waals surface area contributed by atoms with Gasteiger partial charge in [-0.15, -0.1) is 0 Å². The summed E-state index contributed by atoms with van der Waals surface area (Å²) in [7, 11) is 0. The van der Waals surface area contributed by atoms with Crippen molar-refractivity contribution in [2.45, 2.75) is 63.3 Å². The minimum Gasteiger partial charge on any atom is -0.480 e. The van der Waals surface area contributed by atoms with Gasteiger partial charge in [0.1, 0.15) is 18.1 Å². The van der Waals surface area contributed by atoms with Crippen LogP contribution in [0.2, 0.25) is 0 Å². The first-order valence-electron chi connectivity index (χ1n) is 9.51. The summed E-state index contributed by atoms with van der Waals surface area (Å²) < 4.78 is 0. The van der Waals surface area contributed by atoms with Crippen molar-refractivity contribution >= 4 is 29.6 Å². The number of carbonyl (C=O) groups excluding carboxylic acids is 4. The zero-order valence-electron chi connectivity index (χ0n) is 16.9. The molecular weight excluding hydrogens is 400 g/mol. The average molecular weight is 432 g/mol. The molecule has 0 heterocycles. The number of primary amides is 1. The number of carboxylic acids is 1. The van der Waals surface area contributed by atoms with Gasteiger partial charge in [0.05, 0.1) is 12.6 Å². The van der Waals surface area contributed by atoms with Crippen LogP contribution >= 0.6 is 0 Å². The average Bonchev–Trinajstić information content (AvgIpc) is 2.67. The van der Waals surface area contributed by atoms with E-state index >= 15 is 0 Å². The largest absolute Gasteiger partial charge is 0.480 e. The van der Waals surface area contributed by atoms with Gasteiger partial charge in [0.2, 0.25) is 23.6 Å². The van der Waals surface area contributed by atoms with Gasteiger partial charge in [0.25, 0.3) is 0 Å². The Morgan fingerprint density at radius 3 is 2.10 bits per heavy atom. The van der Waals surface area contributed by atoms with Crippen LogP contribution in [-0.4, -0.2) is 77.1 Å². The van der Waals surface area contributed by atoms with E-state index in [1.807, 2.05) is 0 Å². The number of aliphatic hydroxyl groups is 1. The predicted octanol–water partition coefficient (Wildman–Crippen LogP) is -3.74. The van der Waals surface area contributed by atoms with Crippen molar-refractivity contribution < 1.29 is 34.2 Å². The molecule has 4 atom stereocenters. The van der Waals surface area contributed by atoms with E-state index in [1.54, 1.807) is 0 Å². The summed E-state index contributed by atoms with van der Waals surface area (Å²) in [6, 6.07) is -3.68. The number of unbranched alkanes of at least 4 members (excludes halogenated alkanes) is 1. The number of hydrogen-bond donors (Lipinski definition) is 8. The van der Waals surface area contributed by atoms with E-state index in [0.717, 1.165) is 0 Å². The highest BCUT2D eigenvalue weighted by Crippen LogP contribution is 2.04. The molecule has 172 valence electrons. The molecule has 0 rings (SSSR count). The number of nitrogens with one attached hydrogen (secondary N) is 3. The predicted molar refractivity (Wildman–Crippen MR) is 105 cm³/mol. The van der Waals surface area contributed by atoms with Crippen LogP contribution in [0.15, 0.2) is 0 Å². The van der Waals surface area contributed by atoms with Gasteiger partial charge in [-0.2, -0.15) is 0 Å². The molecular formula is C17H32N6O7. The normalized spacial score (nSPS) is 14.7. The Kier molecular flexibility index (Phi) is 12.9. The molecule has 0 aliphatic carbocycles. The molecule has 13 heteroatoms. The fraction of sp³-hybridized carbons (Fsp3) is 0.706. The summed E-state index contributed by atoms with van der Waals surface area (Å²) in [5, 5.41) is 25.4. The maximum atomic E-state index is 12.5. The number of rotatable bonds is 15. The lowest BCUT2D eigenvalue weighted by atomic mass is 10.1. The molecule has 4 amide bonds. The van der Waals surface area contributed by atoms with Crippen molar-refractivity contribution in [3.63, 3.8) is 0 Å². The van der Waals surface area contributed by atoms with Gasteiger partial charge < -0.3 is 43.4 Å². The van der Waals surface area contributed by atoms with Crippen molar-refractivity contribution in [2.24, 2.45) is 17.2 Å². The second kappa shape index (κ2) is 14.3. The fourth-order valence-corrected chi connectivity index (χ4v) is 2.33. The van der Waals surface area contributed by atoms with Gasteiger partial charge in [0, 0.05) is 6.42 Å². The standard InChI is InChI=1S/C17H32N6O7/c1-9(24)14(20)16(28)21-8-13(26)22-10(5-6-12(19)25)15(27)23-11(17(29)30)4-2-3-7-18/h9-11,14,24H,2-8,18,20H2,1H3,(H2,19,25)(H,21,28)(H,22,26)(H,23,27)(H,29,30). The maximum Gasteiger partial charge on any atom is 0.326 e. The Morgan fingerprint density at radius 2 is 1.60 bits per heavy atom. The molecule has 0 aromatic heterocycles. The minimum absolute atomic E-state index is 0.141. The molecule has 0 bridgehead atoms. The van der Waals surface area contributed by atoms with E-state index in [4.69, 9.17) is 17.2 Å². The molecule has 0 saturated carbocycles. The van der Waals surface area contributed by atoms with Crippen molar-refractivity contribution in [2.75, 3.05) is 13.1 Å². The van der Waals surface area contributed by atoms with Crippen LogP contribution in [0, 0.1) is 0 Å². The smallest absolute Gasteiger partial charge is 0.326 e. The summed E-state index contributed by atoms with van der Waals surface area (Å²) in [6.45, 7) is 1.14. The highest BCUT2D eigenvalue weighted by atomic mass is 16.4. The highest BCUT2D eigenvalue weighted by molar-refractivity contribution is 5.92. The molecule has 13 nitrogen and oxygen atoms in total. The second-order valence-corrected chi connectivity index (χ2v) is 6.79. The first-order valence-corrected chi connectivity index (χ1v) is 9.51. The first kappa shape index (κ1) is 27.2. The Hall–Kier alpha value is -2.77. The monoisotopic (exact) mass is 432 g/mol. The molecule has 0 aliphatic heterocycles. The van der Waals surface area contributed by atoms with E-state index < -0.39 is 60.4 Å². The molecule has 0 spiro atoms. The van der Waals surface area contributed by atoms with E-state index in [1.165, 1.54) is 6.92 Å². The van der Waals surface area contributed by atoms with Crippen LogP contribution < -0.4 is 33.2 Å². The van der Waals surface area contributed by atoms with E-state index in [-0.39, 0.29) is 19.3 Å². The van der Waals surface area contributed by atoms with Crippen molar-refractivity contribution in [1.82, 2.24) is 16.0 Å². The SMILES string of the molecule is CC(O)C(N)C(=O)NCC(=O)NC(CCC(N)=O)C(=O)NC(CCCCN)C(=O)O. The zero-order valence-corrected chi connectivity index (χ0v) is 16.9. The Bertz CT molecular complexity index is 613. The topological polar surface area (TPSA) is 240 Å². The second-order valence-electron chi connectivity index (χ2n) is 6.79. The molecule has 4 unspecified atom stereocenters. The molecule has 0 radical (unpaired) electrons. The lowest BCUT2D eigenvalue weighted by Gasteiger charge is -2.21. The number of aliphatic carboxylic acids is 1. The summed E-state index contributed by atoms with van der Waals surface area (Å²) in [5.74, 6) is -4.32. The van der Waals surface area contributed by atoms with Crippen molar-refractivity contribution in [3.05, 3.63) is 0 Å². The Labute approximate surface area is 174 Å². The number of nitrogens with two attached hydrogens (primary N) is 3. The van der Waals surface area contributed by atoms with Gasteiger partial charge in [-0.3, -0.25) is 19.2 Å². The van der Waals surface area contributed by atoms with Crippen LogP contribution in [-0.2, 0) is 24.0 Å². The lowest BCUT2D eigenvalue weighted by molar-refractivity contribution is -0.142. The lowest BCUT2D eigenvalue weighted by Crippen LogP contribution is -2.54. The molecule has 11 N–H and O–H groups in total. The van der Waals surface area contributed by atoms with Crippen LogP contribution in [0.4, 0.5) is 0 Å². The molecule has 30 heavy (non-hydrogen) atoms. The van der Waals surface area contributed by atoms with Crippen molar-refractivity contribution in [1.29, 1.82) is 0 Å². The molecule has 0 aromatic carbocycles. The molecule has 0 fully saturated rings. The van der Waals surface area contributed by atoms with Crippen LogP contribution in [0.3, 0.4) is 0 Å². The van der Waals surface area contributed by atoms with Crippen LogP contribution in [0.25, 0.3) is 0 Å². The van der Waals surface area contributed by atoms with Gasteiger partial charge in [-0.05, 0) is 39.2 Å². The molecule has 0 aromatic rings.